The van der Waals surface area contributed by atoms with E-state index in [-0.39, 0.29) is 5.97 Å². The van der Waals surface area contributed by atoms with Crippen LogP contribution in [0.3, 0.4) is 0 Å². The number of carbonyl (C=O) groups is 1. The van der Waals surface area contributed by atoms with Gasteiger partial charge in [0.25, 0.3) is 0 Å². The molecule has 1 aliphatic rings. The molecular weight excluding hydrogens is 320 g/mol. The summed E-state index contributed by atoms with van der Waals surface area (Å²) < 4.78 is 21.5. The summed E-state index contributed by atoms with van der Waals surface area (Å²) in [6.45, 7) is 4.25. The Hall–Kier alpha value is -1.75. The molecule has 0 saturated carbocycles. The normalized spacial score (nSPS) is 12.4. The van der Waals surface area contributed by atoms with Gasteiger partial charge in [-0.25, -0.2) is 0 Å². The Bertz CT molecular complexity index is 515. The summed E-state index contributed by atoms with van der Waals surface area (Å²) in [5.41, 5.74) is 1.11. The van der Waals surface area contributed by atoms with Crippen LogP contribution in [0, 0.1) is 0 Å². The minimum atomic E-state index is -0.0675. The standard InChI is InChI=1S/C20H30O5/c1-2-9-20(21)23-13-8-6-4-3-5-7-12-22-15-17-10-11-18-19(14-17)25-16-24-18/h10-11,14H,2-9,12-13,15-16H2,1H3. The van der Waals surface area contributed by atoms with Gasteiger partial charge < -0.3 is 18.9 Å². The molecule has 0 bridgehead atoms. The lowest BCUT2D eigenvalue weighted by molar-refractivity contribution is -0.143. The zero-order valence-corrected chi connectivity index (χ0v) is 15.3. The SMILES string of the molecule is CCCC(=O)OCCCCCCCCOCc1ccc2c(c1)OCO2. The monoisotopic (exact) mass is 350 g/mol. The van der Waals surface area contributed by atoms with Crippen LogP contribution < -0.4 is 9.47 Å². The largest absolute Gasteiger partial charge is 0.466 e. The van der Waals surface area contributed by atoms with Crippen LogP contribution >= 0.6 is 0 Å². The third kappa shape index (κ3) is 7.78. The number of fused-ring (bicyclic) bond motifs is 1. The predicted octanol–water partition coefficient (Wildman–Crippen LogP) is 4.62. The van der Waals surface area contributed by atoms with Gasteiger partial charge in [-0.15, -0.1) is 0 Å². The fourth-order valence-corrected chi connectivity index (χ4v) is 2.70. The number of carbonyl (C=O) groups excluding carboxylic acids is 1. The van der Waals surface area contributed by atoms with Crippen molar-refractivity contribution >= 4 is 5.97 Å². The Kier molecular flexibility index (Phi) is 9.19. The van der Waals surface area contributed by atoms with Crippen molar-refractivity contribution in [2.75, 3.05) is 20.0 Å². The fraction of sp³-hybridized carbons (Fsp3) is 0.650. The summed E-state index contributed by atoms with van der Waals surface area (Å²) in [6.07, 6.45) is 8.13. The summed E-state index contributed by atoms with van der Waals surface area (Å²) in [7, 11) is 0. The van der Waals surface area contributed by atoms with Gasteiger partial charge in [0.15, 0.2) is 11.5 Å². The topological polar surface area (TPSA) is 54.0 Å². The lowest BCUT2D eigenvalue weighted by atomic mass is 10.1. The highest BCUT2D eigenvalue weighted by Gasteiger charge is 2.12. The summed E-state index contributed by atoms with van der Waals surface area (Å²) >= 11 is 0. The van der Waals surface area contributed by atoms with Crippen LogP contribution in [-0.2, 0) is 20.9 Å². The molecule has 0 atom stereocenters. The molecule has 0 aromatic heterocycles. The lowest BCUT2D eigenvalue weighted by Gasteiger charge is -2.06. The Morgan fingerprint density at radius 1 is 1.00 bits per heavy atom. The number of hydrogen-bond acceptors (Lipinski definition) is 5. The van der Waals surface area contributed by atoms with Crippen LogP contribution in [0.1, 0.15) is 63.9 Å². The number of esters is 1. The molecule has 1 heterocycles. The molecule has 0 fully saturated rings. The lowest BCUT2D eigenvalue weighted by Crippen LogP contribution is -2.04. The van der Waals surface area contributed by atoms with Gasteiger partial charge in [0, 0.05) is 13.0 Å². The van der Waals surface area contributed by atoms with Crippen molar-refractivity contribution in [2.24, 2.45) is 0 Å². The van der Waals surface area contributed by atoms with Crippen molar-refractivity contribution in [3.63, 3.8) is 0 Å². The average Bonchev–Trinajstić information content (AvgIpc) is 3.07. The van der Waals surface area contributed by atoms with Crippen LogP contribution in [0.5, 0.6) is 11.5 Å². The van der Waals surface area contributed by atoms with Crippen molar-refractivity contribution in [3.05, 3.63) is 23.8 Å². The van der Waals surface area contributed by atoms with Crippen molar-refractivity contribution in [2.45, 2.75) is 64.9 Å². The van der Waals surface area contributed by atoms with Crippen molar-refractivity contribution in [3.8, 4) is 11.5 Å². The molecule has 1 aromatic carbocycles. The van der Waals surface area contributed by atoms with Gasteiger partial charge in [0.2, 0.25) is 6.79 Å². The van der Waals surface area contributed by atoms with E-state index >= 15 is 0 Å². The molecule has 1 aliphatic heterocycles. The first-order valence-corrected chi connectivity index (χ1v) is 9.41. The van der Waals surface area contributed by atoms with Gasteiger partial charge in [-0.3, -0.25) is 4.79 Å². The minimum absolute atomic E-state index is 0.0675. The zero-order chi connectivity index (χ0) is 17.7. The first-order chi connectivity index (χ1) is 12.3. The molecule has 25 heavy (non-hydrogen) atoms. The van der Waals surface area contributed by atoms with E-state index in [1.54, 1.807) is 0 Å². The van der Waals surface area contributed by atoms with Crippen LogP contribution in [0.15, 0.2) is 18.2 Å². The summed E-state index contributed by atoms with van der Waals surface area (Å²) in [5.74, 6) is 1.55. The molecule has 0 N–H and O–H groups in total. The van der Waals surface area contributed by atoms with Crippen molar-refractivity contribution in [1.82, 2.24) is 0 Å². The fourth-order valence-electron chi connectivity index (χ4n) is 2.70. The third-order valence-electron chi connectivity index (χ3n) is 4.11. The second-order valence-electron chi connectivity index (χ2n) is 6.33. The molecule has 0 saturated heterocycles. The molecule has 0 radical (unpaired) electrons. The van der Waals surface area contributed by atoms with E-state index in [9.17, 15) is 4.79 Å². The van der Waals surface area contributed by atoms with Crippen molar-refractivity contribution in [1.29, 1.82) is 0 Å². The zero-order valence-electron chi connectivity index (χ0n) is 15.3. The third-order valence-corrected chi connectivity index (χ3v) is 4.11. The predicted molar refractivity (Wildman–Crippen MR) is 95.8 cm³/mol. The van der Waals surface area contributed by atoms with E-state index in [0.29, 0.717) is 26.4 Å². The first-order valence-electron chi connectivity index (χ1n) is 9.41. The molecule has 0 amide bonds. The van der Waals surface area contributed by atoms with E-state index in [1.807, 2.05) is 25.1 Å². The Labute approximate surface area is 150 Å². The quantitative estimate of drug-likeness (QED) is 0.384. The number of hydrogen-bond donors (Lipinski definition) is 0. The van der Waals surface area contributed by atoms with Gasteiger partial charge in [-0.2, -0.15) is 0 Å². The highest BCUT2D eigenvalue weighted by molar-refractivity contribution is 5.69. The van der Waals surface area contributed by atoms with Gasteiger partial charge in [-0.05, 0) is 37.0 Å². The van der Waals surface area contributed by atoms with Gasteiger partial charge in [-0.1, -0.05) is 38.7 Å². The van der Waals surface area contributed by atoms with E-state index in [0.717, 1.165) is 49.4 Å². The minimum Gasteiger partial charge on any atom is -0.466 e. The summed E-state index contributed by atoms with van der Waals surface area (Å²) in [4.78, 5) is 11.2. The maximum Gasteiger partial charge on any atom is 0.305 e. The van der Waals surface area contributed by atoms with E-state index in [2.05, 4.69) is 0 Å². The van der Waals surface area contributed by atoms with Gasteiger partial charge in [0.05, 0.1) is 13.2 Å². The molecule has 0 spiro atoms. The van der Waals surface area contributed by atoms with Gasteiger partial charge >= 0.3 is 5.97 Å². The second-order valence-corrected chi connectivity index (χ2v) is 6.33. The number of benzene rings is 1. The molecule has 5 heteroatoms. The molecule has 140 valence electrons. The maximum absolute atomic E-state index is 11.2. The highest BCUT2D eigenvalue weighted by Crippen LogP contribution is 2.32. The highest BCUT2D eigenvalue weighted by atomic mass is 16.7. The molecule has 0 aliphatic carbocycles. The van der Waals surface area contributed by atoms with Crippen molar-refractivity contribution < 1.29 is 23.7 Å². The van der Waals surface area contributed by atoms with E-state index < -0.39 is 0 Å². The summed E-state index contributed by atoms with van der Waals surface area (Å²) in [5, 5.41) is 0. The summed E-state index contributed by atoms with van der Waals surface area (Å²) in [6, 6.07) is 5.93. The molecular formula is C20H30O5. The molecule has 5 nitrogen and oxygen atoms in total. The number of ether oxygens (including phenoxy) is 4. The average molecular weight is 350 g/mol. The van der Waals surface area contributed by atoms with E-state index in [4.69, 9.17) is 18.9 Å². The molecule has 0 unspecified atom stereocenters. The Balaban J connectivity index is 1.38. The second kappa shape index (κ2) is 11.7. The Morgan fingerprint density at radius 2 is 1.72 bits per heavy atom. The van der Waals surface area contributed by atoms with Crippen LogP contribution in [0.25, 0.3) is 0 Å². The number of rotatable bonds is 13. The first kappa shape index (κ1) is 19.6. The number of unbranched alkanes of at least 4 members (excludes halogenated alkanes) is 5. The van der Waals surface area contributed by atoms with Crippen LogP contribution in [0.2, 0.25) is 0 Å². The van der Waals surface area contributed by atoms with Gasteiger partial charge in [0.1, 0.15) is 0 Å². The van der Waals surface area contributed by atoms with Crippen LogP contribution in [-0.4, -0.2) is 26.0 Å². The molecule has 1 aromatic rings. The molecule has 2 rings (SSSR count). The Morgan fingerprint density at radius 3 is 2.52 bits per heavy atom. The smallest absolute Gasteiger partial charge is 0.305 e. The van der Waals surface area contributed by atoms with E-state index in [1.165, 1.54) is 19.3 Å². The maximum atomic E-state index is 11.2. The van der Waals surface area contributed by atoms with Crippen LogP contribution in [0.4, 0.5) is 0 Å².